The van der Waals surface area contributed by atoms with Crippen LogP contribution >= 0.6 is 23.2 Å². The van der Waals surface area contributed by atoms with Crippen LogP contribution in [0.3, 0.4) is 0 Å². The first-order chi connectivity index (χ1) is 7.95. The van der Waals surface area contributed by atoms with Crippen LogP contribution in [0.15, 0.2) is 12.1 Å². The van der Waals surface area contributed by atoms with E-state index in [1.165, 1.54) is 0 Å². The molecule has 0 bridgehead atoms. The number of rotatable bonds is 5. The molecule has 17 heavy (non-hydrogen) atoms. The lowest BCUT2D eigenvalue weighted by Gasteiger charge is -2.17. The zero-order chi connectivity index (χ0) is 13.0. The van der Waals surface area contributed by atoms with Crippen molar-refractivity contribution in [1.29, 1.82) is 0 Å². The van der Waals surface area contributed by atoms with Crippen LogP contribution in [-0.2, 0) is 4.79 Å². The van der Waals surface area contributed by atoms with Gasteiger partial charge in [-0.3, -0.25) is 0 Å². The zero-order valence-electron chi connectivity index (χ0n) is 9.14. The van der Waals surface area contributed by atoms with Crippen LogP contribution in [0, 0.1) is 5.82 Å². The SMILES string of the molecule is CCCC(Nc1c(Cl)cc(F)cc1Cl)C(=O)O. The molecule has 0 saturated heterocycles. The lowest BCUT2D eigenvalue weighted by atomic mass is 10.1. The first kappa shape index (κ1) is 14.1. The summed E-state index contributed by atoms with van der Waals surface area (Å²) in [5, 5.41) is 11.8. The van der Waals surface area contributed by atoms with Crippen LogP contribution in [0.25, 0.3) is 0 Å². The molecule has 0 heterocycles. The molecule has 0 aliphatic heterocycles. The maximum atomic E-state index is 12.9. The minimum atomic E-state index is -0.997. The Kier molecular flexibility index (Phi) is 5.02. The molecule has 2 N–H and O–H groups in total. The molecular weight excluding hydrogens is 268 g/mol. The van der Waals surface area contributed by atoms with E-state index in [0.29, 0.717) is 12.8 Å². The Morgan fingerprint density at radius 3 is 2.41 bits per heavy atom. The fraction of sp³-hybridized carbons (Fsp3) is 0.364. The summed E-state index contributed by atoms with van der Waals surface area (Å²) in [7, 11) is 0. The number of anilines is 1. The lowest BCUT2D eigenvalue weighted by Crippen LogP contribution is -2.29. The van der Waals surface area contributed by atoms with Gasteiger partial charge in [0.15, 0.2) is 0 Å². The third-order valence-corrected chi connectivity index (χ3v) is 2.80. The second kappa shape index (κ2) is 6.07. The van der Waals surface area contributed by atoms with E-state index in [2.05, 4.69) is 5.32 Å². The second-order valence-corrected chi connectivity index (χ2v) is 4.38. The second-order valence-electron chi connectivity index (χ2n) is 3.57. The standard InChI is InChI=1S/C11H12Cl2FNO2/c1-2-3-9(11(16)17)15-10-7(12)4-6(14)5-8(10)13/h4-5,9,15H,2-3H2,1H3,(H,16,17). The number of hydrogen-bond acceptors (Lipinski definition) is 2. The fourth-order valence-corrected chi connectivity index (χ4v) is 1.97. The van der Waals surface area contributed by atoms with Crippen LogP contribution in [0.4, 0.5) is 10.1 Å². The molecule has 6 heteroatoms. The summed E-state index contributed by atoms with van der Waals surface area (Å²) in [6.07, 6.45) is 1.12. The molecule has 0 fully saturated rings. The number of halogens is 3. The monoisotopic (exact) mass is 279 g/mol. The maximum Gasteiger partial charge on any atom is 0.326 e. The van der Waals surface area contributed by atoms with Gasteiger partial charge >= 0.3 is 5.97 Å². The quantitative estimate of drug-likeness (QED) is 0.862. The number of carboxylic acid groups (broad SMARTS) is 1. The van der Waals surface area contributed by atoms with Gasteiger partial charge < -0.3 is 10.4 Å². The highest BCUT2D eigenvalue weighted by Gasteiger charge is 2.19. The molecule has 3 nitrogen and oxygen atoms in total. The van der Waals surface area contributed by atoms with Gasteiger partial charge in [-0.25, -0.2) is 9.18 Å². The first-order valence-corrected chi connectivity index (χ1v) is 5.85. The number of carbonyl (C=O) groups is 1. The van der Waals surface area contributed by atoms with Crippen molar-refractivity contribution in [2.75, 3.05) is 5.32 Å². The van der Waals surface area contributed by atoms with Gasteiger partial charge in [0.1, 0.15) is 11.9 Å². The van der Waals surface area contributed by atoms with Crippen LogP contribution in [0.2, 0.25) is 10.0 Å². The average molecular weight is 280 g/mol. The molecule has 0 saturated carbocycles. The topological polar surface area (TPSA) is 49.3 Å². The summed E-state index contributed by atoms with van der Waals surface area (Å²) in [6.45, 7) is 1.87. The molecule has 1 atom stereocenters. The number of nitrogens with one attached hydrogen (secondary N) is 1. The highest BCUT2D eigenvalue weighted by atomic mass is 35.5. The van der Waals surface area contributed by atoms with Crippen LogP contribution in [0.1, 0.15) is 19.8 Å². The number of hydrogen-bond donors (Lipinski definition) is 2. The smallest absolute Gasteiger partial charge is 0.326 e. The third-order valence-electron chi connectivity index (χ3n) is 2.20. The molecule has 0 aliphatic carbocycles. The van der Waals surface area contributed by atoms with Crippen molar-refractivity contribution in [3.8, 4) is 0 Å². The van der Waals surface area contributed by atoms with Crippen molar-refractivity contribution in [2.24, 2.45) is 0 Å². The molecule has 0 spiro atoms. The van der Waals surface area contributed by atoms with Crippen LogP contribution in [-0.4, -0.2) is 17.1 Å². The molecule has 1 aromatic carbocycles. The minimum absolute atomic E-state index is 0.0670. The zero-order valence-corrected chi connectivity index (χ0v) is 10.6. The van der Waals surface area contributed by atoms with Gasteiger partial charge in [-0.1, -0.05) is 36.5 Å². The van der Waals surface area contributed by atoms with E-state index in [9.17, 15) is 9.18 Å². The minimum Gasteiger partial charge on any atom is -0.480 e. The normalized spacial score (nSPS) is 12.2. The summed E-state index contributed by atoms with van der Waals surface area (Å²) in [5.74, 6) is -1.56. The van der Waals surface area contributed by atoms with Gasteiger partial charge in [-0.2, -0.15) is 0 Å². The van der Waals surface area contributed by atoms with E-state index in [1.807, 2.05) is 6.92 Å². The van der Waals surface area contributed by atoms with Gasteiger partial charge in [-0.05, 0) is 18.6 Å². The Hall–Kier alpha value is -1.00. The van der Waals surface area contributed by atoms with Gasteiger partial charge in [0.2, 0.25) is 0 Å². The maximum absolute atomic E-state index is 12.9. The Bertz CT molecular complexity index is 403. The summed E-state index contributed by atoms with van der Waals surface area (Å²) >= 11 is 11.6. The van der Waals surface area contributed by atoms with E-state index in [1.54, 1.807) is 0 Å². The van der Waals surface area contributed by atoms with E-state index >= 15 is 0 Å². The van der Waals surface area contributed by atoms with Crippen molar-refractivity contribution in [3.05, 3.63) is 28.0 Å². The average Bonchev–Trinajstić information content (AvgIpc) is 2.21. The Labute approximate surface area is 109 Å². The Morgan fingerprint density at radius 1 is 1.47 bits per heavy atom. The number of benzene rings is 1. The summed E-state index contributed by atoms with van der Waals surface area (Å²) in [6, 6.07) is 1.38. The Balaban J connectivity index is 2.97. The van der Waals surface area contributed by atoms with Crippen molar-refractivity contribution in [3.63, 3.8) is 0 Å². The molecule has 0 radical (unpaired) electrons. The Morgan fingerprint density at radius 2 is 2.00 bits per heavy atom. The summed E-state index contributed by atoms with van der Waals surface area (Å²) < 4.78 is 12.9. The predicted octanol–water partition coefficient (Wildman–Crippen LogP) is 3.80. The molecule has 1 aromatic rings. The third kappa shape index (κ3) is 3.75. The van der Waals surface area contributed by atoms with Crippen molar-refractivity contribution in [1.82, 2.24) is 0 Å². The van der Waals surface area contributed by atoms with Crippen molar-refractivity contribution in [2.45, 2.75) is 25.8 Å². The highest BCUT2D eigenvalue weighted by molar-refractivity contribution is 6.39. The number of aliphatic carboxylic acids is 1. The van der Waals surface area contributed by atoms with E-state index in [0.717, 1.165) is 12.1 Å². The fourth-order valence-electron chi connectivity index (χ4n) is 1.40. The molecule has 0 aliphatic rings. The molecule has 94 valence electrons. The molecule has 1 unspecified atom stereocenters. The molecule has 1 rings (SSSR count). The van der Waals surface area contributed by atoms with Gasteiger partial charge in [0.25, 0.3) is 0 Å². The number of carboxylic acids is 1. The van der Waals surface area contributed by atoms with Crippen LogP contribution < -0.4 is 5.32 Å². The van der Waals surface area contributed by atoms with Crippen LogP contribution in [0.5, 0.6) is 0 Å². The highest BCUT2D eigenvalue weighted by Crippen LogP contribution is 2.32. The van der Waals surface area contributed by atoms with E-state index in [-0.39, 0.29) is 15.7 Å². The first-order valence-electron chi connectivity index (χ1n) is 5.09. The van der Waals surface area contributed by atoms with Gasteiger partial charge in [-0.15, -0.1) is 0 Å². The predicted molar refractivity (Wildman–Crippen MR) is 66.4 cm³/mol. The largest absolute Gasteiger partial charge is 0.480 e. The van der Waals surface area contributed by atoms with Crippen molar-refractivity contribution < 1.29 is 14.3 Å². The summed E-state index contributed by atoms with van der Waals surface area (Å²) in [5.41, 5.74) is 0.246. The van der Waals surface area contributed by atoms with Gasteiger partial charge in [0, 0.05) is 0 Å². The van der Waals surface area contributed by atoms with E-state index in [4.69, 9.17) is 28.3 Å². The van der Waals surface area contributed by atoms with Crippen molar-refractivity contribution >= 4 is 34.9 Å². The molecular formula is C11H12Cl2FNO2. The van der Waals surface area contributed by atoms with E-state index < -0.39 is 17.8 Å². The molecule has 0 aromatic heterocycles. The lowest BCUT2D eigenvalue weighted by molar-refractivity contribution is -0.138. The van der Waals surface area contributed by atoms with Gasteiger partial charge in [0.05, 0.1) is 15.7 Å². The summed E-state index contributed by atoms with van der Waals surface area (Å²) in [4.78, 5) is 11.0. The molecule has 0 amide bonds.